The summed E-state index contributed by atoms with van der Waals surface area (Å²) in [4.78, 5) is 41.2. The molecule has 31 heavy (non-hydrogen) atoms. The Morgan fingerprint density at radius 1 is 1.23 bits per heavy atom. The molecule has 8 heteroatoms. The second kappa shape index (κ2) is 8.98. The second-order valence-corrected chi connectivity index (χ2v) is 8.22. The van der Waals surface area contributed by atoms with E-state index in [9.17, 15) is 14.4 Å². The molecule has 7 nitrogen and oxygen atoms in total. The van der Waals surface area contributed by atoms with Crippen LogP contribution in [0.5, 0.6) is 5.75 Å². The van der Waals surface area contributed by atoms with Crippen LogP contribution < -0.4 is 10.1 Å². The highest BCUT2D eigenvalue weighted by atomic mass is 35.5. The minimum atomic E-state index is -0.364. The molecule has 4 rings (SSSR count). The van der Waals surface area contributed by atoms with Gasteiger partial charge in [0.15, 0.2) is 0 Å². The van der Waals surface area contributed by atoms with Gasteiger partial charge < -0.3 is 19.9 Å². The zero-order valence-electron chi connectivity index (χ0n) is 17.3. The molecule has 3 amide bonds. The van der Waals surface area contributed by atoms with Crippen molar-refractivity contribution in [1.82, 2.24) is 15.1 Å². The number of nitrogens with one attached hydrogen (secondary N) is 1. The second-order valence-electron chi connectivity index (χ2n) is 7.78. The smallest absolute Gasteiger partial charge is 0.251 e. The maximum absolute atomic E-state index is 12.9. The van der Waals surface area contributed by atoms with E-state index < -0.39 is 0 Å². The molecule has 0 bridgehead atoms. The van der Waals surface area contributed by atoms with E-state index in [0.717, 1.165) is 12.0 Å². The van der Waals surface area contributed by atoms with Crippen molar-refractivity contribution in [2.75, 3.05) is 20.2 Å². The number of carbonyl (C=O) groups is 3. The van der Waals surface area contributed by atoms with Crippen molar-refractivity contribution in [3.05, 3.63) is 64.2 Å². The first-order valence-corrected chi connectivity index (χ1v) is 10.6. The largest absolute Gasteiger partial charge is 0.496 e. The lowest BCUT2D eigenvalue weighted by molar-refractivity contribution is -0.154. The Bertz CT molecular complexity index is 1030. The summed E-state index contributed by atoms with van der Waals surface area (Å²) in [6.45, 7) is 1.25. The van der Waals surface area contributed by atoms with E-state index in [0.29, 0.717) is 41.4 Å². The molecule has 2 aliphatic heterocycles. The van der Waals surface area contributed by atoms with Crippen LogP contribution in [-0.2, 0) is 22.7 Å². The minimum absolute atomic E-state index is 0.0310. The first kappa shape index (κ1) is 21.2. The van der Waals surface area contributed by atoms with E-state index in [2.05, 4.69) is 5.32 Å². The highest BCUT2D eigenvalue weighted by molar-refractivity contribution is 6.30. The van der Waals surface area contributed by atoms with Crippen LogP contribution in [0.15, 0.2) is 42.5 Å². The molecular weight excluding hydrogens is 418 g/mol. The Hall–Kier alpha value is -3.06. The predicted molar refractivity (Wildman–Crippen MR) is 116 cm³/mol. The molecule has 0 radical (unpaired) electrons. The van der Waals surface area contributed by atoms with Gasteiger partial charge in [-0.25, -0.2) is 0 Å². The molecule has 0 aromatic heterocycles. The third-order valence-corrected chi connectivity index (χ3v) is 5.98. The first-order valence-electron chi connectivity index (χ1n) is 10.2. The third kappa shape index (κ3) is 4.51. The molecule has 0 aliphatic carbocycles. The number of hydrogen-bond donors (Lipinski definition) is 1. The van der Waals surface area contributed by atoms with Crippen molar-refractivity contribution >= 4 is 29.3 Å². The number of halogens is 1. The van der Waals surface area contributed by atoms with Crippen LogP contribution in [0.4, 0.5) is 0 Å². The molecule has 0 saturated carbocycles. The van der Waals surface area contributed by atoms with Gasteiger partial charge >= 0.3 is 0 Å². The number of amides is 3. The van der Waals surface area contributed by atoms with Gasteiger partial charge in [0, 0.05) is 35.8 Å². The molecule has 2 aromatic rings. The van der Waals surface area contributed by atoms with Gasteiger partial charge in [-0.3, -0.25) is 14.4 Å². The quantitative estimate of drug-likeness (QED) is 0.747. The molecule has 1 N–H and O–H groups in total. The van der Waals surface area contributed by atoms with E-state index in [1.807, 2.05) is 12.1 Å². The number of hydrogen-bond acceptors (Lipinski definition) is 4. The summed E-state index contributed by atoms with van der Waals surface area (Å²) in [7, 11) is 1.54. The molecule has 2 fully saturated rings. The number of fused-ring (bicyclic) bond motifs is 1. The molecule has 2 saturated heterocycles. The van der Waals surface area contributed by atoms with E-state index in [1.54, 1.807) is 47.2 Å². The number of piperazine rings is 1. The van der Waals surface area contributed by atoms with Crippen LogP contribution in [0.1, 0.15) is 34.3 Å². The number of benzene rings is 2. The van der Waals surface area contributed by atoms with Crippen molar-refractivity contribution in [3.63, 3.8) is 0 Å². The third-order valence-electron chi connectivity index (χ3n) is 5.74. The molecule has 2 heterocycles. The average molecular weight is 442 g/mol. The van der Waals surface area contributed by atoms with Crippen molar-refractivity contribution in [2.45, 2.75) is 32.0 Å². The van der Waals surface area contributed by atoms with Crippen LogP contribution in [0.25, 0.3) is 0 Å². The summed E-state index contributed by atoms with van der Waals surface area (Å²) < 4.78 is 5.43. The Labute approximate surface area is 185 Å². The number of nitrogens with zero attached hydrogens (tertiary/aromatic N) is 2. The van der Waals surface area contributed by atoms with Gasteiger partial charge in [0.1, 0.15) is 18.3 Å². The van der Waals surface area contributed by atoms with Crippen molar-refractivity contribution in [1.29, 1.82) is 0 Å². The van der Waals surface area contributed by atoms with Crippen LogP contribution >= 0.6 is 11.6 Å². The first-order chi connectivity index (χ1) is 15.0. The van der Waals surface area contributed by atoms with Crippen LogP contribution in [-0.4, -0.2) is 53.8 Å². The van der Waals surface area contributed by atoms with Gasteiger partial charge in [0.25, 0.3) is 5.91 Å². The van der Waals surface area contributed by atoms with E-state index in [4.69, 9.17) is 16.3 Å². The van der Waals surface area contributed by atoms with Gasteiger partial charge in [-0.15, -0.1) is 0 Å². The van der Waals surface area contributed by atoms with Crippen molar-refractivity contribution < 1.29 is 19.1 Å². The fourth-order valence-corrected chi connectivity index (χ4v) is 4.39. The lowest BCUT2D eigenvalue weighted by Gasteiger charge is -2.36. The number of rotatable bonds is 6. The monoisotopic (exact) mass is 441 g/mol. The van der Waals surface area contributed by atoms with Gasteiger partial charge in [-0.05, 0) is 48.7 Å². The molecule has 0 unspecified atom stereocenters. The van der Waals surface area contributed by atoms with E-state index >= 15 is 0 Å². The zero-order chi connectivity index (χ0) is 22.0. The van der Waals surface area contributed by atoms with Gasteiger partial charge in [0.2, 0.25) is 11.8 Å². The number of ether oxygens (including phenoxy) is 1. The lowest BCUT2D eigenvalue weighted by Crippen LogP contribution is -2.56. The molecular formula is C23H24ClN3O4. The SMILES string of the molecule is COc1ccc(C(=O)NCc2cccc(Cl)c2)cc1CN1CC(=O)N2CCC[C@@H]2C1=O. The van der Waals surface area contributed by atoms with Gasteiger partial charge in [-0.1, -0.05) is 23.7 Å². The normalized spacial score (nSPS) is 18.2. The van der Waals surface area contributed by atoms with Crippen molar-refractivity contribution in [2.24, 2.45) is 0 Å². The van der Waals surface area contributed by atoms with Gasteiger partial charge in [0.05, 0.1) is 7.11 Å². The summed E-state index contributed by atoms with van der Waals surface area (Å²) in [5, 5.41) is 3.49. The number of methoxy groups -OCH3 is 1. The Balaban J connectivity index is 1.49. The Morgan fingerprint density at radius 3 is 2.84 bits per heavy atom. The molecule has 2 aliphatic rings. The summed E-state index contributed by atoms with van der Waals surface area (Å²) in [6.07, 6.45) is 1.55. The van der Waals surface area contributed by atoms with Crippen molar-refractivity contribution in [3.8, 4) is 5.75 Å². The Morgan fingerprint density at radius 2 is 2.06 bits per heavy atom. The highest BCUT2D eigenvalue weighted by Gasteiger charge is 2.41. The maximum atomic E-state index is 12.9. The van der Waals surface area contributed by atoms with Crippen LogP contribution in [0, 0.1) is 0 Å². The minimum Gasteiger partial charge on any atom is -0.496 e. The molecule has 2 aromatic carbocycles. The van der Waals surface area contributed by atoms with E-state index in [-0.39, 0.29) is 36.9 Å². The standard InChI is InChI=1S/C23H24ClN3O4/c1-31-20-8-7-16(22(29)25-12-15-4-2-5-18(24)10-15)11-17(20)13-26-14-21(28)27-9-3-6-19(27)23(26)30/h2,4-5,7-8,10-11,19H,3,6,9,12-14H2,1H3,(H,25,29)/t19-/m1/s1. The summed E-state index contributed by atoms with van der Waals surface area (Å²) in [5.74, 6) is 0.249. The summed E-state index contributed by atoms with van der Waals surface area (Å²) in [6, 6.07) is 12.0. The predicted octanol–water partition coefficient (Wildman–Crippen LogP) is 2.61. The molecule has 0 spiro atoms. The van der Waals surface area contributed by atoms with E-state index in [1.165, 1.54) is 0 Å². The number of carbonyl (C=O) groups excluding carboxylic acids is 3. The lowest BCUT2D eigenvalue weighted by atomic mass is 10.1. The Kier molecular flexibility index (Phi) is 6.13. The zero-order valence-corrected chi connectivity index (χ0v) is 18.0. The van der Waals surface area contributed by atoms with Gasteiger partial charge in [-0.2, -0.15) is 0 Å². The topological polar surface area (TPSA) is 79.0 Å². The highest BCUT2D eigenvalue weighted by Crippen LogP contribution is 2.27. The average Bonchev–Trinajstić information content (AvgIpc) is 3.26. The maximum Gasteiger partial charge on any atom is 0.251 e. The molecule has 1 atom stereocenters. The molecule has 162 valence electrons. The summed E-state index contributed by atoms with van der Waals surface area (Å²) in [5.41, 5.74) is 2.04. The summed E-state index contributed by atoms with van der Waals surface area (Å²) >= 11 is 5.99. The fourth-order valence-electron chi connectivity index (χ4n) is 4.18. The van der Waals surface area contributed by atoms with Crippen LogP contribution in [0.3, 0.4) is 0 Å². The fraction of sp³-hybridized carbons (Fsp3) is 0.348. The van der Waals surface area contributed by atoms with Crippen LogP contribution in [0.2, 0.25) is 5.02 Å².